The van der Waals surface area contributed by atoms with Crippen molar-refractivity contribution in [1.82, 2.24) is 20.0 Å². The number of ether oxygens (including phenoxy) is 1. The lowest BCUT2D eigenvalue weighted by atomic mass is 10.2. The first-order valence-electron chi connectivity index (χ1n) is 6.38. The molecule has 0 spiro atoms. The predicted molar refractivity (Wildman–Crippen MR) is 71.0 cm³/mol. The number of aromatic nitrogens is 4. The van der Waals surface area contributed by atoms with Crippen LogP contribution in [0.1, 0.15) is 35.8 Å². The van der Waals surface area contributed by atoms with E-state index in [1.807, 2.05) is 23.7 Å². The van der Waals surface area contributed by atoms with Gasteiger partial charge in [-0.3, -0.25) is 4.98 Å². The fourth-order valence-corrected chi connectivity index (χ4v) is 2.28. The molecule has 0 radical (unpaired) electrons. The number of nitrogen functional groups attached to an aromatic ring is 1. The summed E-state index contributed by atoms with van der Waals surface area (Å²) in [5.41, 5.74) is 8.76. The van der Waals surface area contributed by atoms with E-state index in [4.69, 9.17) is 10.5 Å². The quantitative estimate of drug-likeness (QED) is 0.900. The van der Waals surface area contributed by atoms with Crippen molar-refractivity contribution in [3.63, 3.8) is 0 Å². The van der Waals surface area contributed by atoms with Crippen LogP contribution in [0, 0.1) is 6.92 Å². The van der Waals surface area contributed by atoms with E-state index in [9.17, 15) is 0 Å². The highest BCUT2D eigenvalue weighted by atomic mass is 16.5. The highest BCUT2D eigenvalue weighted by Crippen LogP contribution is 2.42. The molecule has 2 heterocycles. The Kier molecular flexibility index (Phi) is 2.85. The molecule has 0 bridgehead atoms. The third-order valence-corrected chi connectivity index (χ3v) is 3.29. The minimum Gasteiger partial charge on any atom is -0.497 e. The van der Waals surface area contributed by atoms with Gasteiger partial charge in [0.25, 0.3) is 0 Å². The van der Waals surface area contributed by atoms with Gasteiger partial charge in [0.1, 0.15) is 5.75 Å². The summed E-state index contributed by atoms with van der Waals surface area (Å²) in [6, 6.07) is 3.82. The van der Waals surface area contributed by atoms with Gasteiger partial charge in [0.15, 0.2) is 5.82 Å². The second kappa shape index (κ2) is 4.53. The van der Waals surface area contributed by atoms with Crippen LogP contribution in [0.3, 0.4) is 0 Å². The van der Waals surface area contributed by atoms with E-state index in [1.54, 1.807) is 7.11 Å². The first-order chi connectivity index (χ1) is 9.17. The normalized spacial score (nSPS) is 14.6. The summed E-state index contributed by atoms with van der Waals surface area (Å²) in [7, 11) is 1.65. The number of rotatable bonds is 4. The molecule has 19 heavy (non-hydrogen) atoms. The second-order valence-corrected chi connectivity index (χ2v) is 4.93. The molecule has 1 aliphatic rings. The van der Waals surface area contributed by atoms with Gasteiger partial charge in [-0.25, -0.2) is 4.68 Å². The molecule has 0 aromatic carbocycles. The molecule has 6 heteroatoms. The van der Waals surface area contributed by atoms with Crippen LogP contribution in [-0.4, -0.2) is 27.1 Å². The fourth-order valence-electron chi connectivity index (χ4n) is 2.28. The van der Waals surface area contributed by atoms with E-state index in [2.05, 4.69) is 15.3 Å². The van der Waals surface area contributed by atoms with E-state index in [0.717, 1.165) is 22.8 Å². The van der Waals surface area contributed by atoms with Gasteiger partial charge in [0, 0.05) is 23.7 Å². The number of aryl methyl sites for hydroxylation is 1. The zero-order valence-electron chi connectivity index (χ0n) is 11.1. The number of nitrogens with two attached hydrogens (primary N) is 1. The topological polar surface area (TPSA) is 78.8 Å². The molecule has 1 saturated carbocycles. The SMILES string of the molecule is COc1cc(C)nc(Cn2nnc(N)c2C2CC2)c1. The summed E-state index contributed by atoms with van der Waals surface area (Å²) in [6.07, 6.45) is 2.34. The Morgan fingerprint density at radius 3 is 2.89 bits per heavy atom. The Hall–Kier alpha value is -2.11. The maximum atomic E-state index is 5.88. The zero-order valence-corrected chi connectivity index (χ0v) is 11.1. The molecule has 0 atom stereocenters. The molecule has 100 valence electrons. The molecule has 6 nitrogen and oxygen atoms in total. The molecule has 2 aromatic heterocycles. The van der Waals surface area contributed by atoms with Crippen molar-refractivity contribution in [3.05, 3.63) is 29.2 Å². The first kappa shape index (κ1) is 12.0. The van der Waals surface area contributed by atoms with E-state index in [0.29, 0.717) is 18.3 Å². The van der Waals surface area contributed by atoms with Gasteiger partial charge >= 0.3 is 0 Å². The summed E-state index contributed by atoms with van der Waals surface area (Å²) in [4.78, 5) is 4.50. The lowest BCUT2D eigenvalue weighted by Crippen LogP contribution is -2.08. The highest BCUT2D eigenvalue weighted by molar-refractivity contribution is 5.38. The Morgan fingerprint density at radius 1 is 1.42 bits per heavy atom. The number of hydrogen-bond acceptors (Lipinski definition) is 5. The van der Waals surface area contributed by atoms with Crippen LogP contribution in [0.5, 0.6) is 5.75 Å². The molecular formula is C13H17N5O. The van der Waals surface area contributed by atoms with E-state index in [-0.39, 0.29) is 0 Å². The smallest absolute Gasteiger partial charge is 0.169 e. The Morgan fingerprint density at radius 2 is 2.21 bits per heavy atom. The van der Waals surface area contributed by atoms with Crippen LogP contribution in [0.2, 0.25) is 0 Å². The summed E-state index contributed by atoms with van der Waals surface area (Å²) >= 11 is 0. The summed E-state index contributed by atoms with van der Waals surface area (Å²) in [6.45, 7) is 2.53. The van der Waals surface area contributed by atoms with Crippen molar-refractivity contribution in [2.24, 2.45) is 0 Å². The monoisotopic (exact) mass is 259 g/mol. The molecule has 0 unspecified atom stereocenters. The molecule has 0 saturated heterocycles. The van der Waals surface area contributed by atoms with Gasteiger partial charge in [0.05, 0.1) is 25.0 Å². The van der Waals surface area contributed by atoms with Gasteiger partial charge in [-0.15, -0.1) is 5.10 Å². The maximum absolute atomic E-state index is 5.88. The molecular weight excluding hydrogens is 242 g/mol. The fraction of sp³-hybridized carbons (Fsp3) is 0.462. The Bertz CT molecular complexity index is 603. The maximum Gasteiger partial charge on any atom is 0.169 e. The predicted octanol–water partition coefficient (Wildman–Crippen LogP) is 1.50. The van der Waals surface area contributed by atoms with Gasteiger partial charge in [-0.05, 0) is 19.8 Å². The number of methoxy groups -OCH3 is 1. The van der Waals surface area contributed by atoms with Crippen LogP contribution >= 0.6 is 0 Å². The van der Waals surface area contributed by atoms with Gasteiger partial charge in [-0.2, -0.15) is 0 Å². The Labute approximate surface area is 111 Å². The largest absolute Gasteiger partial charge is 0.497 e. The van der Waals surface area contributed by atoms with Crippen LogP contribution in [0.25, 0.3) is 0 Å². The van der Waals surface area contributed by atoms with Crippen molar-refractivity contribution < 1.29 is 4.74 Å². The molecule has 0 amide bonds. The lowest BCUT2D eigenvalue weighted by molar-refractivity contribution is 0.412. The summed E-state index contributed by atoms with van der Waals surface area (Å²) in [5.74, 6) is 1.87. The molecule has 2 aromatic rings. The third-order valence-electron chi connectivity index (χ3n) is 3.29. The second-order valence-electron chi connectivity index (χ2n) is 4.93. The van der Waals surface area contributed by atoms with Crippen molar-refractivity contribution >= 4 is 5.82 Å². The third kappa shape index (κ3) is 2.38. The van der Waals surface area contributed by atoms with Gasteiger partial charge < -0.3 is 10.5 Å². The van der Waals surface area contributed by atoms with Crippen LogP contribution in [0.15, 0.2) is 12.1 Å². The van der Waals surface area contributed by atoms with Gasteiger partial charge in [-0.1, -0.05) is 5.21 Å². The average molecular weight is 259 g/mol. The Balaban J connectivity index is 1.90. The van der Waals surface area contributed by atoms with Crippen molar-refractivity contribution in [2.45, 2.75) is 32.2 Å². The highest BCUT2D eigenvalue weighted by Gasteiger charge is 2.30. The number of hydrogen-bond donors (Lipinski definition) is 1. The van der Waals surface area contributed by atoms with Crippen LogP contribution < -0.4 is 10.5 Å². The van der Waals surface area contributed by atoms with E-state index >= 15 is 0 Å². The van der Waals surface area contributed by atoms with Gasteiger partial charge in [0.2, 0.25) is 0 Å². The summed E-state index contributed by atoms with van der Waals surface area (Å²) in [5, 5.41) is 8.09. The van der Waals surface area contributed by atoms with Crippen molar-refractivity contribution in [3.8, 4) is 5.75 Å². The van der Waals surface area contributed by atoms with E-state index in [1.165, 1.54) is 12.8 Å². The molecule has 1 fully saturated rings. The van der Waals surface area contributed by atoms with E-state index < -0.39 is 0 Å². The van der Waals surface area contributed by atoms with Crippen molar-refractivity contribution in [1.29, 1.82) is 0 Å². The molecule has 2 N–H and O–H groups in total. The van der Waals surface area contributed by atoms with Crippen molar-refractivity contribution in [2.75, 3.05) is 12.8 Å². The number of anilines is 1. The lowest BCUT2D eigenvalue weighted by Gasteiger charge is -2.08. The first-order valence-corrected chi connectivity index (χ1v) is 6.38. The minimum atomic E-state index is 0.515. The molecule has 1 aliphatic carbocycles. The van der Waals surface area contributed by atoms with Crippen LogP contribution in [0.4, 0.5) is 5.82 Å². The molecule has 3 rings (SSSR count). The standard InChI is InChI=1S/C13H17N5O/c1-8-5-11(19-2)6-10(15-8)7-18-12(9-3-4-9)13(14)16-17-18/h5-6,9H,3-4,7,14H2,1-2H3. The summed E-state index contributed by atoms with van der Waals surface area (Å²) < 4.78 is 7.11. The van der Waals surface area contributed by atoms with Crippen LogP contribution in [-0.2, 0) is 6.54 Å². The average Bonchev–Trinajstić information content (AvgIpc) is 3.14. The minimum absolute atomic E-state index is 0.515. The molecule has 0 aliphatic heterocycles. The zero-order chi connectivity index (χ0) is 13.4. The number of nitrogens with zero attached hydrogens (tertiary/aromatic N) is 4. The number of pyridine rings is 1.